The van der Waals surface area contributed by atoms with Crippen molar-refractivity contribution in [1.82, 2.24) is 0 Å². The summed E-state index contributed by atoms with van der Waals surface area (Å²) in [5, 5.41) is 0. The van der Waals surface area contributed by atoms with Gasteiger partial charge in [-0.05, 0) is 62.1 Å². The molecule has 126 valence electrons. The van der Waals surface area contributed by atoms with Gasteiger partial charge in [0.15, 0.2) is 0 Å². The third-order valence-corrected chi connectivity index (χ3v) is 6.29. The minimum Gasteiger partial charge on any atom is -0.279 e. The monoisotopic (exact) mass is 341 g/mol. The Hall–Kier alpha value is -2.07. The average molecular weight is 341 g/mol. The summed E-state index contributed by atoms with van der Waals surface area (Å²) in [7, 11) is -3.59. The van der Waals surface area contributed by atoms with Gasteiger partial charge in [0.25, 0.3) is 10.0 Å². The van der Waals surface area contributed by atoms with Crippen LogP contribution >= 0.6 is 0 Å². The van der Waals surface area contributed by atoms with E-state index in [1.165, 1.54) is 16.7 Å². The molecule has 0 aliphatic heterocycles. The lowest BCUT2D eigenvalue weighted by atomic mass is 9.81. The van der Waals surface area contributed by atoms with E-state index >= 15 is 0 Å². The quantitative estimate of drug-likeness (QED) is 0.822. The van der Waals surface area contributed by atoms with Crippen molar-refractivity contribution in [3.63, 3.8) is 0 Å². The van der Waals surface area contributed by atoms with Crippen LogP contribution < -0.4 is 4.72 Å². The maximum Gasteiger partial charge on any atom is 0.261 e. The molecule has 1 aliphatic rings. The minimum absolute atomic E-state index is 0.212. The number of aryl methyl sites for hydroxylation is 2. The Morgan fingerprint density at radius 2 is 1.67 bits per heavy atom. The molecule has 2 aromatic rings. The van der Waals surface area contributed by atoms with Crippen LogP contribution in [0.4, 0.5) is 5.69 Å². The molecule has 1 N–H and O–H groups in total. The molecular formula is C20H23NO2S. The molecule has 0 saturated carbocycles. The molecule has 3 nitrogen and oxygen atoms in total. The highest BCUT2D eigenvalue weighted by molar-refractivity contribution is 7.92. The van der Waals surface area contributed by atoms with Crippen molar-refractivity contribution >= 4 is 15.7 Å². The molecular weight excluding hydrogens is 318 g/mol. The number of hydrogen-bond donors (Lipinski definition) is 1. The first-order valence-corrected chi connectivity index (χ1v) is 9.66. The first-order chi connectivity index (χ1) is 11.3. The minimum atomic E-state index is -3.59. The number of hydrogen-bond acceptors (Lipinski definition) is 2. The van der Waals surface area contributed by atoms with E-state index in [1.54, 1.807) is 12.1 Å². The van der Waals surface area contributed by atoms with Gasteiger partial charge < -0.3 is 0 Å². The van der Waals surface area contributed by atoms with E-state index < -0.39 is 10.0 Å². The van der Waals surface area contributed by atoms with Crippen molar-refractivity contribution in [2.45, 2.75) is 44.9 Å². The van der Waals surface area contributed by atoms with Gasteiger partial charge in [0, 0.05) is 5.92 Å². The molecule has 3 rings (SSSR count). The predicted molar refractivity (Wildman–Crippen MR) is 99.0 cm³/mol. The van der Waals surface area contributed by atoms with Crippen LogP contribution in [0.3, 0.4) is 0 Å². The fourth-order valence-electron chi connectivity index (χ4n) is 3.22. The topological polar surface area (TPSA) is 46.2 Å². The summed E-state index contributed by atoms with van der Waals surface area (Å²) in [4.78, 5) is 0.290. The second-order valence-electron chi connectivity index (χ2n) is 6.61. The number of allylic oxidation sites excluding steroid dienone is 2. The largest absolute Gasteiger partial charge is 0.279 e. The molecule has 1 aliphatic carbocycles. The molecule has 0 heterocycles. The molecule has 0 saturated heterocycles. The van der Waals surface area contributed by atoms with E-state index in [-0.39, 0.29) is 10.8 Å². The van der Waals surface area contributed by atoms with E-state index in [9.17, 15) is 8.42 Å². The van der Waals surface area contributed by atoms with Gasteiger partial charge in [-0.2, -0.15) is 0 Å². The van der Waals surface area contributed by atoms with Crippen molar-refractivity contribution in [3.8, 4) is 0 Å². The summed E-state index contributed by atoms with van der Waals surface area (Å²) in [5.41, 5.74) is 6.55. The van der Waals surface area contributed by atoms with Crippen LogP contribution in [0.25, 0.3) is 0 Å². The van der Waals surface area contributed by atoms with Gasteiger partial charge in [0.1, 0.15) is 0 Å². The van der Waals surface area contributed by atoms with Crippen LogP contribution in [-0.4, -0.2) is 8.42 Å². The van der Waals surface area contributed by atoms with Crippen LogP contribution in [0.1, 0.15) is 42.0 Å². The highest BCUT2D eigenvalue weighted by Crippen LogP contribution is 2.39. The number of benzene rings is 2. The summed E-state index contributed by atoms with van der Waals surface area (Å²) in [5.74, 6) is 0.212. The van der Waals surface area contributed by atoms with E-state index in [0.717, 1.165) is 17.5 Å². The van der Waals surface area contributed by atoms with Crippen LogP contribution in [-0.2, 0) is 16.4 Å². The molecule has 0 amide bonds. The van der Waals surface area contributed by atoms with Crippen molar-refractivity contribution in [1.29, 1.82) is 0 Å². The summed E-state index contributed by atoms with van der Waals surface area (Å²) >= 11 is 0. The Bertz CT molecular complexity index is 909. The van der Waals surface area contributed by atoms with E-state index in [2.05, 4.69) is 31.6 Å². The van der Waals surface area contributed by atoms with Crippen LogP contribution in [0.15, 0.2) is 52.9 Å². The molecule has 0 bridgehead atoms. The fourth-order valence-corrected chi connectivity index (χ4v) is 4.30. The summed E-state index contributed by atoms with van der Waals surface area (Å²) < 4.78 is 28.3. The zero-order chi connectivity index (χ0) is 17.5. The Morgan fingerprint density at radius 3 is 2.33 bits per heavy atom. The molecule has 1 atom stereocenters. The third-order valence-electron chi connectivity index (χ3n) is 4.91. The second-order valence-corrected chi connectivity index (χ2v) is 8.30. The Kier molecular flexibility index (Phi) is 4.26. The van der Waals surface area contributed by atoms with Crippen LogP contribution in [0, 0.1) is 13.8 Å². The number of fused-ring (bicyclic) bond motifs is 1. The van der Waals surface area contributed by atoms with Gasteiger partial charge in [0.2, 0.25) is 0 Å². The maximum absolute atomic E-state index is 12.7. The molecule has 0 radical (unpaired) electrons. The third kappa shape index (κ3) is 2.98. The first-order valence-electron chi connectivity index (χ1n) is 8.18. The van der Waals surface area contributed by atoms with Gasteiger partial charge in [-0.3, -0.25) is 4.72 Å². The number of nitrogens with one attached hydrogen (secondary N) is 1. The molecule has 2 aromatic carbocycles. The maximum atomic E-state index is 12.7. The summed E-state index contributed by atoms with van der Waals surface area (Å²) in [6, 6.07) is 10.8. The van der Waals surface area contributed by atoms with Gasteiger partial charge in [-0.1, -0.05) is 42.3 Å². The Morgan fingerprint density at radius 1 is 1.00 bits per heavy atom. The van der Waals surface area contributed by atoms with Gasteiger partial charge in [0.05, 0.1) is 10.6 Å². The summed E-state index contributed by atoms with van der Waals surface area (Å²) in [6.45, 7) is 8.26. The first kappa shape index (κ1) is 16.8. The standard InChI is InChI=1S/C20H23NO2S/c1-13-5-9-17(10-6-13)24(22,23)21-19-12-8-15(3)18-11-7-14(2)16(4)20(18)19/h5-10,12,16,21H,11H2,1-4H3. The molecule has 1 unspecified atom stereocenters. The normalized spacial score (nSPS) is 17.2. The lowest BCUT2D eigenvalue weighted by Crippen LogP contribution is -2.17. The van der Waals surface area contributed by atoms with E-state index in [1.807, 2.05) is 31.2 Å². The van der Waals surface area contributed by atoms with Gasteiger partial charge in [-0.25, -0.2) is 8.42 Å². The van der Waals surface area contributed by atoms with Crippen molar-refractivity contribution in [3.05, 3.63) is 70.3 Å². The van der Waals surface area contributed by atoms with E-state index in [0.29, 0.717) is 5.69 Å². The molecule has 24 heavy (non-hydrogen) atoms. The fraction of sp³-hybridized carbons (Fsp3) is 0.300. The Balaban J connectivity index is 2.04. The highest BCUT2D eigenvalue weighted by atomic mass is 32.2. The van der Waals surface area contributed by atoms with Crippen LogP contribution in [0.2, 0.25) is 0 Å². The SMILES string of the molecule is CC1=CCc2c(C)ccc(NS(=O)(=O)c3ccc(C)cc3)c2C1C. The molecule has 0 spiro atoms. The van der Waals surface area contributed by atoms with E-state index in [4.69, 9.17) is 0 Å². The molecule has 4 heteroatoms. The predicted octanol–water partition coefficient (Wildman–Crippen LogP) is 4.71. The molecule has 0 aromatic heterocycles. The lowest BCUT2D eigenvalue weighted by molar-refractivity contribution is 0.601. The number of sulfonamides is 1. The smallest absolute Gasteiger partial charge is 0.261 e. The van der Waals surface area contributed by atoms with Crippen molar-refractivity contribution in [2.75, 3.05) is 4.72 Å². The van der Waals surface area contributed by atoms with Crippen molar-refractivity contribution < 1.29 is 8.42 Å². The number of rotatable bonds is 3. The lowest BCUT2D eigenvalue weighted by Gasteiger charge is -2.27. The van der Waals surface area contributed by atoms with Gasteiger partial charge >= 0.3 is 0 Å². The van der Waals surface area contributed by atoms with Gasteiger partial charge in [-0.15, -0.1) is 0 Å². The molecule has 0 fully saturated rings. The zero-order valence-electron chi connectivity index (χ0n) is 14.6. The zero-order valence-corrected chi connectivity index (χ0v) is 15.4. The second kappa shape index (κ2) is 6.10. The highest BCUT2D eigenvalue weighted by Gasteiger charge is 2.24. The Labute approximate surface area is 144 Å². The summed E-state index contributed by atoms with van der Waals surface area (Å²) in [6.07, 6.45) is 3.09. The average Bonchev–Trinajstić information content (AvgIpc) is 2.53. The van der Waals surface area contributed by atoms with Crippen molar-refractivity contribution in [2.24, 2.45) is 0 Å². The van der Waals surface area contributed by atoms with Crippen LogP contribution in [0.5, 0.6) is 0 Å². The number of anilines is 1.